The molecule has 226 valence electrons. The van der Waals surface area contributed by atoms with Crippen molar-refractivity contribution < 1.29 is 35.5 Å². The predicted octanol–water partition coefficient (Wildman–Crippen LogP) is 3.39. The number of likely N-dealkylation sites (tertiary alicyclic amines) is 1. The number of nitrogens with zero attached hydrogens (tertiary/aromatic N) is 2. The molecule has 1 aromatic heterocycles. The molecule has 1 saturated heterocycles. The summed E-state index contributed by atoms with van der Waals surface area (Å²) < 4.78 is 85.5. The van der Waals surface area contributed by atoms with E-state index in [1.807, 2.05) is 0 Å². The summed E-state index contributed by atoms with van der Waals surface area (Å²) >= 11 is 0. The van der Waals surface area contributed by atoms with Crippen molar-refractivity contribution in [2.45, 2.75) is 36.3 Å². The molecule has 9 nitrogen and oxygen atoms in total. The van der Waals surface area contributed by atoms with Gasteiger partial charge in [0.05, 0.1) is 54.6 Å². The number of rotatable bonds is 8. The molecule has 0 saturated carbocycles. The van der Waals surface area contributed by atoms with Crippen LogP contribution in [-0.4, -0.2) is 81.7 Å². The first kappa shape index (κ1) is 31.0. The number of fused-ring (bicyclic) bond motifs is 1. The van der Waals surface area contributed by atoms with Crippen LogP contribution >= 0.6 is 0 Å². The Bertz CT molecular complexity index is 1630. The van der Waals surface area contributed by atoms with E-state index < -0.39 is 34.8 Å². The molecule has 0 radical (unpaired) electrons. The van der Waals surface area contributed by atoms with Crippen molar-refractivity contribution in [2.24, 2.45) is 5.73 Å². The highest BCUT2D eigenvalue weighted by Crippen LogP contribution is 2.32. The van der Waals surface area contributed by atoms with E-state index in [2.05, 4.69) is 22.5 Å². The second kappa shape index (κ2) is 12.5. The van der Waals surface area contributed by atoms with Crippen LogP contribution in [0.4, 0.5) is 28.9 Å². The number of hydrogen-bond donors (Lipinski definition) is 3. The molecule has 0 unspecified atom stereocenters. The molecule has 2 heterocycles. The van der Waals surface area contributed by atoms with Gasteiger partial charge in [-0.15, -0.1) is 0 Å². The third-order valence-electron chi connectivity index (χ3n) is 6.88. The molecule has 4 rings (SSSR count). The van der Waals surface area contributed by atoms with Crippen molar-refractivity contribution in [3.05, 3.63) is 48.2 Å². The molecule has 3 aromatic rings. The first-order valence-electron chi connectivity index (χ1n) is 13.0. The topological polar surface area (TPSA) is 119 Å². The van der Waals surface area contributed by atoms with Crippen LogP contribution in [0.15, 0.2) is 47.4 Å². The van der Waals surface area contributed by atoms with E-state index >= 15 is 0 Å². The van der Waals surface area contributed by atoms with Crippen molar-refractivity contribution in [3.8, 4) is 17.6 Å². The summed E-state index contributed by atoms with van der Waals surface area (Å²) in [6.45, 7) is -1.27. The molecule has 14 heteroatoms. The lowest BCUT2D eigenvalue weighted by atomic mass is 10.0. The lowest BCUT2D eigenvalue weighted by Crippen LogP contribution is -2.51. The van der Waals surface area contributed by atoms with Gasteiger partial charge in [0.1, 0.15) is 18.5 Å². The van der Waals surface area contributed by atoms with Crippen molar-refractivity contribution in [2.75, 3.05) is 50.2 Å². The Labute approximate surface area is 240 Å². The third kappa shape index (κ3) is 7.27. The maximum Gasteiger partial charge on any atom is 0.406 e. The largest absolute Gasteiger partial charge is 0.495 e. The number of hydrogen-bond acceptors (Lipinski definition) is 7. The summed E-state index contributed by atoms with van der Waals surface area (Å²) in [5.41, 5.74) is 6.68. The zero-order valence-corrected chi connectivity index (χ0v) is 23.8. The first-order chi connectivity index (χ1) is 19.8. The van der Waals surface area contributed by atoms with Crippen LogP contribution < -0.4 is 21.1 Å². The summed E-state index contributed by atoms with van der Waals surface area (Å²) in [7, 11) is -2.06. The predicted molar refractivity (Wildman–Crippen MR) is 152 cm³/mol. The van der Waals surface area contributed by atoms with Gasteiger partial charge in [-0.1, -0.05) is 12.0 Å². The fourth-order valence-electron chi connectivity index (χ4n) is 4.81. The maximum atomic E-state index is 14.9. The van der Waals surface area contributed by atoms with Gasteiger partial charge in [0, 0.05) is 29.9 Å². The number of methoxy groups -OCH3 is 1. The van der Waals surface area contributed by atoms with E-state index in [0.29, 0.717) is 29.7 Å². The number of nitrogens with two attached hydrogens (primary N) is 1. The monoisotopic (exact) mass is 609 g/mol. The number of halogens is 4. The van der Waals surface area contributed by atoms with Crippen molar-refractivity contribution in [3.63, 3.8) is 0 Å². The summed E-state index contributed by atoms with van der Waals surface area (Å²) in [6, 6.07) is 9.96. The smallest absolute Gasteiger partial charge is 0.406 e. The van der Waals surface area contributed by atoms with Crippen LogP contribution in [0.5, 0.6) is 5.75 Å². The minimum atomic E-state index is -4.52. The van der Waals surface area contributed by atoms with Crippen molar-refractivity contribution in [1.82, 2.24) is 9.47 Å². The number of alkyl halides is 4. The van der Waals surface area contributed by atoms with Gasteiger partial charge in [0.15, 0.2) is 9.84 Å². The molecule has 1 aliphatic heterocycles. The normalized spacial score (nSPS) is 17.5. The Kier molecular flexibility index (Phi) is 9.22. The Balaban J connectivity index is 1.58. The first-order valence-corrected chi connectivity index (χ1v) is 14.9. The number of amides is 1. The Hall–Kier alpha value is -3.96. The lowest BCUT2D eigenvalue weighted by molar-refractivity contribution is -0.140. The van der Waals surface area contributed by atoms with Crippen molar-refractivity contribution >= 4 is 38.0 Å². The number of ether oxygens (including phenoxy) is 1. The highest BCUT2D eigenvalue weighted by Gasteiger charge is 2.32. The maximum absolute atomic E-state index is 14.9. The molecular weight excluding hydrogens is 578 g/mol. The van der Waals surface area contributed by atoms with Gasteiger partial charge in [-0.05, 0) is 42.7 Å². The van der Waals surface area contributed by atoms with Gasteiger partial charge in [-0.3, -0.25) is 4.79 Å². The van der Waals surface area contributed by atoms with Gasteiger partial charge in [0.2, 0.25) is 5.91 Å². The second-order valence-electron chi connectivity index (χ2n) is 9.86. The molecule has 2 aromatic carbocycles. The number of carbonyl (C=O) groups is 1. The number of benzene rings is 2. The molecule has 42 heavy (non-hydrogen) atoms. The third-order valence-corrected chi connectivity index (χ3v) is 7.99. The number of sulfone groups is 1. The zero-order chi connectivity index (χ0) is 30.7. The van der Waals surface area contributed by atoms with Crippen LogP contribution in [0.1, 0.15) is 12.1 Å². The SMILES string of the molecule is COc1cc(S(C)(=O)=O)ccc1NCC#Cc1cc2c(N[C@H]3CCN(C(=O)CN)C[C@H]3F)cccc2n1CC(F)(F)F. The van der Waals surface area contributed by atoms with E-state index in [1.165, 1.54) is 36.3 Å². The molecular formula is C28H31F4N5O4S. The number of carbonyl (C=O) groups excluding carboxylic acids is 1. The van der Waals surface area contributed by atoms with Crippen LogP contribution in [0.3, 0.4) is 0 Å². The number of anilines is 2. The second-order valence-corrected chi connectivity index (χ2v) is 11.9. The standard InChI is InChI=1S/C28H31F4N5O4S/c1-41-26-14-19(42(2,39)40)8-9-24(26)34-11-4-5-18-13-20-22(6-3-7-25(20)37(18)17-28(30,31)32)35-23-10-12-36(16-21(23)29)27(38)15-33/h3,6-9,13-14,21,23,34-35H,10-12,15-17,33H2,1-2H3/t21-,23+/m1/s1. The fraction of sp³-hybridized carbons (Fsp3) is 0.393. The number of nitrogens with one attached hydrogen (secondary N) is 2. The van der Waals surface area contributed by atoms with Crippen LogP contribution in [0, 0.1) is 11.8 Å². The van der Waals surface area contributed by atoms with Gasteiger partial charge >= 0.3 is 6.18 Å². The molecule has 1 fully saturated rings. The quantitative estimate of drug-likeness (QED) is 0.265. The summed E-state index contributed by atoms with van der Waals surface area (Å²) in [4.78, 5) is 13.3. The lowest BCUT2D eigenvalue weighted by Gasteiger charge is -2.35. The molecule has 1 amide bonds. The molecule has 0 spiro atoms. The highest BCUT2D eigenvalue weighted by molar-refractivity contribution is 7.90. The minimum Gasteiger partial charge on any atom is -0.495 e. The molecule has 2 atom stereocenters. The van der Waals surface area contributed by atoms with Gasteiger partial charge in [-0.2, -0.15) is 13.2 Å². The van der Waals surface area contributed by atoms with Crippen molar-refractivity contribution in [1.29, 1.82) is 0 Å². The number of piperidine rings is 1. The Morgan fingerprint density at radius 3 is 2.60 bits per heavy atom. The van der Waals surface area contributed by atoms with Crippen LogP contribution in [0.25, 0.3) is 10.9 Å². The van der Waals surface area contributed by atoms with Gasteiger partial charge < -0.3 is 30.6 Å². The fourth-order valence-corrected chi connectivity index (χ4v) is 5.45. The van der Waals surface area contributed by atoms with Crippen LogP contribution in [-0.2, 0) is 21.2 Å². The van der Waals surface area contributed by atoms with E-state index in [0.717, 1.165) is 10.8 Å². The Morgan fingerprint density at radius 1 is 1.19 bits per heavy atom. The van der Waals surface area contributed by atoms with E-state index in [9.17, 15) is 30.8 Å². The molecule has 4 N–H and O–H groups in total. The molecule has 0 aliphatic carbocycles. The molecule has 1 aliphatic rings. The van der Waals surface area contributed by atoms with Gasteiger partial charge in [0.25, 0.3) is 0 Å². The Morgan fingerprint density at radius 2 is 1.95 bits per heavy atom. The summed E-state index contributed by atoms with van der Waals surface area (Å²) in [6.07, 6.45) is -4.54. The number of aromatic nitrogens is 1. The summed E-state index contributed by atoms with van der Waals surface area (Å²) in [5.74, 6) is 5.53. The average molecular weight is 610 g/mol. The molecule has 0 bridgehead atoms. The summed E-state index contributed by atoms with van der Waals surface area (Å²) in [5, 5.41) is 6.55. The minimum absolute atomic E-state index is 0.0247. The highest BCUT2D eigenvalue weighted by atomic mass is 32.2. The van der Waals surface area contributed by atoms with Gasteiger partial charge in [-0.25, -0.2) is 12.8 Å². The van der Waals surface area contributed by atoms with Crippen LogP contribution in [0.2, 0.25) is 0 Å². The van der Waals surface area contributed by atoms with E-state index in [-0.39, 0.29) is 47.4 Å². The average Bonchev–Trinajstić information content (AvgIpc) is 3.27. The van der Waals surface area contributed by atoms with E-state index in [4.69, 9.17) is 10.5 Å². The van der Waals surface area contributed by atoms with E-state index in [1.54, 1.807) is 18.2 Å². The zero-order valence-electron chi connectivity index (χ0n) is 23.0.